The maximum atomic E-state index is 4.61. The standard InChI is InChI=1S/C33H21N3/c1-20-19-28(26-9-6-18-34-33(26)35-20)22-14-12-21(13-15-22)23-16-17-25-24-7-2-4-10-29(24)36-30-11-5-3-8-27(30)31(23)32(25)36/h2-19H,1H3. The van der Waals surface area contributed by atoms with Crippen molar-refractivity contribution in [2.45, 2.75) is 6.92 Å². The summed E-state index contributed by atoms with van der Waals surface area (Å²) in [6.07, 6.45) is 1.80. The number of hydrogen-bond donors (Lipinski definition) is 0. The first-order valence-corrected chi connectivity index (χ1v) is 12.3. The van der Waals surface area contributed by atoms with Crippen LogP contribution in [-0.2, 0) is 0 Å². The van der Waals surface area contributed by atoms with E-state index in [0.717, 1.165) is 16.7 Å². The molecule has 0 fully saturated rings. The lowest BCUT2D eigenvalue weighted by atomic mass is 9.95. The summed E-state index contributed by atoms with van der Waals surface area (Å²) in [4.78, 5) is 9.09. The van der Waals surface area contributed by atoms with E-state index in [0.29, 0.717) is 0 Å². The molecular weight excluding hydrogens is 438 g/mol. The third-order valence-electron chi connectivity index (χ3n) is 7.47. The third kappa shape index (κ3) is 2.57. The molecule has 4 heterocycles. The number of para-hydroxylation sites is 2. The quantitative estimate of drug-likeness (QED) is 0.260. The van der Waals surface area contributed by atoms with E-state index in [1.165, 1.54) is 60.3 Å². The SMILES string of the molecule is Cc1cc(-c2ccc(-c3ccc4c5ccccc5n5c6ccccc6c3c45)cc2)c2cccnc2n1. The Bertz CT molecular complexity index is 2100. The summed E-state index contributed by atoms with van der Waals surface area (Å²) in [5.74, 6) is 0. The molecule has 4 aromatic heterocycles. The molecule has 3 nitrogen and oxygen atoms in total. The van der Waals surface area contributed by atoms with Crippen LogP contribution in [0.25, 0.3) is 71.4 Å². The van der Waals surface area contributed by atoms with E-state index in [1.54, 1.807) is 6.20 Å². The average Bonchev–Trinajstić information content (AvgIpc) is 3.45. The highest BCUT2D eigenvalue weighted by Crippen LogP contribution is 2.43. The fraction of sp³-hybridized carbons (Fsp3) is 0.0303. The van der Waals surface area contributed by atoms with Crippen molar-refractivity contribution >= 4 is 49.1 Å². The number of benzene rings is 4. The van der Waals surface area contributed by atoms with Crippen molar-refractivity contribution in [1.29, 1.82) is 0 Å². The van der Waals surface area contributed by atoms with Gasteiger partial charge in [-0.1, -0.05) is 72.8 Å². The second-order valence-electron chi connectivity index (χ2n) is 9.52. The van der Waals surface area contributed by atoms with E-state index in [9.17, 15) is 0 Å². The highest BCUT2D eigenvalue weighted by atomic mass is 14.9. The molecule has 0 radical (unpaired) electrons. The summed E-state index contributed by atoms with van der Waals surface area (Å²) < 4.78 is 2.44. The number of aryl methyl sites for hydroxylation is 1. The maximum absolute atomic E-state index is 4.61. The smallest absolute Gasteiger partial charge is 0.159 e. The number of hydrogen-bond acceptors (Lipinski definition) is 2. The molecule has 0 amide bonds. The van der Waals surface area contributed by atoms with Gasteiger partial charge in [-0.15, -0.1) is 0 Å². The monoisotopic (exact) mass is 459 g/mol. The maximum Gasteiger partial charge on any atom is 0.159 e. The first-order chi connectivity index (χ1) is 17.8. The van der Waals surface area contributed by atoms with Crippen molar-refractivity contribution in [3.05, 3.63) is 115 Å². The van der Waals surface area contributed by atoms with Gasteiger partial charge in [0.05, 0.1) is 16.6 Å². The fourth-order valence-electron chi connectivity index (χ4n) is 5.95. The summed E-state index contributed by atoms with van der Waals surface area (Å²) in [7, 11) is 0. The molecule has 8 aromatic rings. The minimum Gasteiger partial charge on any atom is -0.308 e. The molecule has 0 bridgehead atoms. The van der Waals surface area contributed by atoms with Gasteiger partial charge in [0.15, 0.2) is 5.65 Å². The largest absolute Gasteiger partial charge is 0.308 e. The predicted molar refractivity (Wildman–Crippen MR) is 150 cm³/mol. The second kappa shape index (κ2) is 7.12. The van der Waals surface area contributed by atoms with E-state index in [4.69, 9.17) is 0 Å². The van der Waals surface area contributed by atoms with Crippen LogP contribution in [0.3, 0.4) is 0 Å². The lowest BCUT2D eigenvalue weighted by Gasteiger charge is -2.10. The van der Waals surface area contributed by atoms with Crippen LogP contribution in [-0.4, -0.2) is 14.4 Å². The fourth-order valence-corrected chi connectivity index (χ4v) is 5.95. The summed E-state index contributed by atoms with van der Waals surface area (Å²) in [5.41, 5.74) is 10.4. The van der Waals surface area contributed by atoms with Gasteiger partial charge in [0.2, 0.25) is 0 Å². The lowest BCUT2D eigenvalue weighted by molar-refractivity contribution is 1.20. The third-order valence-corrected chi connectivity index (χ3v) is 7.47. The Morgan fingerprint density at radius 1 is 0.583 bits per heavy atom. The molecule has 0 saturated carbocycles. The predicted octanol–water partition coefficient (Wildman–Crippen LogP) is 8.42. The topological polar surface area (TPSA) is 30.2 Å². The zero-order chi connectivity index (χ0) is 23.8. The van der Waals surface area contributed by atoms with Crippen molar-refractivity contribution < 1.29 is 0 Å². The zero-order valence-corrected chi connectivity index (χ0v) is 19.7. The van der Waals surface area contributed by atoms with Crippen LogP contribution in [0.2, 0.25) is 0 Å². The van der Waals surface area contributed by atoms with Crippen LogP contribution in [0.15, 0.2) is 109 Å². The van der Waals surface area contributed by atoms with Crippen LogP contribution >= 0.6 is 0 Å². The van der Waals surface area contributed by atoms with Gasteiger partial charge in [-0.25, -0.2) is 9.97 Å². The number of fused-ring (bicyclic) bond motifs is 7. The van der Waals surface area contributed by atoms with Gasteiger partial charge in [0.1, 0.15) is 0 Å². The first-order valence-electron chi connectivity index (χ1n) is 12.3. The lowest BCUT2D eigenvalue weighted by Crippen LogP contribution is -1.90. The number of nitrogens with zero attached hydrogens (tertiary/aromatic N) is 3. The van der Waals surface area contributed by atoms with Crippen molar-refractivity contribution in [2.75, 3.05) is 0 Å². The normalized spacial score (nSPS) is 12.0. The summed E-state index contributed by atoms with van der Waals surface area (Å²) in [5, 5.41) is 6.31. The Hall–Kier alpha value is -4.76. The molecule has 36 heavy (non-hydrogen) atoms. The molecular formula is C33H21N3. The molecule has 0 saturated heterocycles. The number of rotatable bonds is 2. The highest BCUT2D eigenvalue weighted by Gasteiger charge is 2.20. The first kappa shape index (κ1) is 19.5. The van der Waals surface area contributed by atoms with Gasteiger partial charge in [0.25, 0.3) is 0 Å². The molecule has 168 valence electrons. The minimum absolute atomic E-state index is 0.791. The zero-order valence-electron chi connectivity index (χ0n) is 19.7. The van der Waals surface area contributed by atoms with Crippen molar-refractivity contribution in [2.24, 2.45) is 0 Å². The Labute approximate surface area is 207 Å². The second-order valence-corrected chi connectivity index (χ2v) is 9.52. The number of aromatic nitrogens is 3. The van der Waals surface area contributed by atoms with E-state index < -0.39 is 0 Å². The Morgan fingerprint density at radius 2 is 1.25 bits per heavy atom. The number of pyridine rings is 2. The molecule has 4 aromatic carbocycles. The molecule has 3 heteroatoms. The van der Waals surface area contributed by atoms with E-state index >= 15 is 0 Å². The van der Waals surface area contributed by atoms with Crippen molar-refractivity contribution in [3.63, 3.8) is 0 Å². The van der Waals surface area contributed by atoms with Gasteiger partial charge < -0.3 is 4.40 Å². The van der Waals surface area contributed by atoms with Crippen LogP contribution in [0.5, 0.6) is 0 Å². The van der Waals surface area contributed by atoms with E-state index in [2.05, 4.69) is 111 Å². The molecule has 0 spiro atoms. The van der Waals surface area contributed by atoms with Gasteiger partial charge in [-0.2, -0.15) is 0 Å². The molecule has 0 unspecified atom stereocenters. The minimum atomic E-state index is 0.791. The molecule has 8 rings (SSSR count). The Morgan fingerprint density at radius 3 is 2.06 bits per heavy atom. The van der Waals surface area contributed by atoms with E-state index in [-0.39, 0.29) is 0 Å². The van der Waals surface area contributed by atoms with Crippen LogP contribution in [0, 0.1) is 6.92 Å². The average molecular weight is 460 g/mol. The molecule has 0 N–H and O–H groups in total. The van der Waals surface area contributed by atoms with Crippen molar-refractivity contribution in [3.8, 4) is 22.3 Å². The van der Waals surface area contributed by atoms with Gasteiger partial charge in [0, 0.05) is 38.8 Å². The highest BCUT2D eigenvalue weighted by molar-refractivity contribution is 6.26. The van der Waals surface area contributed by atoms with Gasteiger partial charge >= 0.3 is 0 Å². The van der Waals surface area contributed by atoms with Crippen LogP contribution in [0.1, 0.15) is 5.69 Å². The van der Waals surface area contributed by atoms with Crippen LogP contribution in [0.4, 0.5) is 0 Å². The summed E-state index contributed by atoms with van der Waals surface area (Å²) >= 11 is 0. The Balaban J connectivity index is 1.38. The summed E-state index contributed by atoms with van der Waals surface area (Å²) in [6, 6.07) is 37.2. The van der Waals surface area contributed by atoms with Crippen LogP contribution < -0.4 is 0 Å². The van der Waals surface area contributed by atoms with Gasteiger partial charge in [-0.3, -0.25) is 0 Å². The molecule has 0 atom stereocenters. The van der Waals surface area contributed by atoms with E-state index in [1.807, 2.05) is 13.0 Å². The molecule has 0 aliphatic rings. The molecule has 0 aliphatic carbocycles. The summed E-state index contributed by atoms with van der Waals surface area (Å²) in [6.45, 7) is 2.03. The van der Waals surface area contributed by atoms with Gasteiger partial charge in [-0.05, 0) is 59.5 Å². The molecule has 0 aliphatic heterocycles. The Kier molecular flexibility index (Phi) is 3.87. The van der Waals surface area contributed by atoms with Crippen molar-refractivity contribution in [1.82, 2.24) is 14.4 Å².